The van der Waals surface area contributed by atoms with Gasteiger partial charge in [-0.3, -0.25) is 4.84 Å². The van der Waals surface area contributed by atoms with Crippen molar-refractivity contribution in [2.75, 3.05) is 48.4 Å². The number of carbonyl (C=O) groups excluding carboxylic acids is 1. The van der Waals surface area contributed by atoms with Crippen LogP contribution in [0.2, 0.25) is 0 Å². The van der Waals surface area contributed by atoms with E-state index in [0.717, 1.165) is 42.0 Å². The SMILES string of the molecule is O=C(Nc1cccc(C#Cc2cnc(Nc3ccc(-n4cnc(N5CCOCC5)n4)cc3)nc2)c1)N1OCC[C@H]1c1ccccc1. The lowest BCUT2D eigenvalue weighted by molar-refractivity contribution is -0.0829. The number of hydrogen-bond donors (Lipinski definition) is 2. The maximum atomic E-state index is 13.0. The van der Waals surface area contributed by atoms with Gasteiger partial charge in [-0.15, -0.1) is 5.10 Å². The molecule has 2 aliphatic rings. The number of hydrogen-bond acceptors (Lipinski definition) is 9. The number of aromatic nitrogens is 5. The van der Waals surface area contributed by atoms with Crippen LogP contribution in [0.4, 0.5) is 28.1 Å². The Hall–Kier alpha value is -5.77. The van der Waals surface area contributed by atoms with Crippen LogP contribution >= 0.6 is 0 Å². The summed E-state index contributed by atoms with van der Waals surface area (Å²) in [5, 5.41) is 12.2. The minimum absolute atomic E-state index is 0.130. The van der Waals surface area contributed by atoms with Crippen LogP contribution in [0.15, 0.2) is 97.6 Å². The molecule has 0 aliphatic carbocycles. The molecule has 0 unspecified atom stereocenters. The Bertz CT molecular complexity index is 1850. The molecule has 4 heterocycles. The van der Waals surface area contributed by atoms with Crippen molar-refractivity contribution in [3.05, 3.63) is 114 Å². The molecule has 0 spiro atoms. The van der Waals surface area contributed by atoms with Crippen molar-refractivity contribution in [3.63, 3.8) is 0 Å². The maximum Gasteiger partial charge on any atom is 0.346 e. The third kappa shape index (κ3) is 6.81. The summed E-state index contributed by atoms with van der Waals surface area (Å²) in [4.78, 5) is 34.0. The molecular weight excluding hydrogens is 582 g/mol. The van der Waals surface area contributed by atoms with E-state index in [1.807, 2.05) is 78.9 Å². The average Bonchev–Trinajstić information content (AvgIpc) is 3.81. The van der Waals surface area contributed by atoms with Crippen molar-refractivity contribution in [2.24, 2.45) is 0 Å². The van der Waals surface area contributed by atoms with Crippen LogP contribution in [0.3, 0.4) is 0 Å². The Morgan fingerprint density at radius 3 is 2.41 bits per heavy atom. The fraction of sp³-hybridized carbons (Fsp3) is 0.206. The smallest absolute Gasteiger partial charge is 0.346 e. The van der Waals surface area contributed by atoms with Crippen LogP contribution in [-0.2, 0) is 9.57 Å². The summed E-state index contributed by atoms with van der Waals surface area (Å²) in [6, 6.07) is 24.6. The highest BCUT2D eigenvalue weighted by Crippen LogP contribution is 2.30. The maximum absolute atomic E-state index is 13.0. The summed E-state index contributed by atoms with van der Waals surface area (Å²) in [6.07, 6.45) is 5.79. The summed E-state index contributed by atoms with van der Waals surface area (Å²) >= 11 is 0. The first-order valence-electron chi connectivity index (χ1n) is 15.0. The van der Waals surface area contributed by atoms with Crippen LogP contribution in [0.1, 0.15) is 29.2 Å². The molecule has 2 N–H and O–H groups in total. The van der Waals surface area contributed by atoms with E-state index in [9.17, 15) is 4.79 Å². The molecule has 1 atom stereocenters. The summed E-state index contributed by atoms with van der Waals surface area (Å²) < 4.78 is 7.16. The number of hydroxylamine groups is 2. The predicted octanol–water partition coefficient (Wildman–Crippen LogP) is 4.95. The van der Waals surface area contributed by atoms with Gasteiger partial charge in [-0.25, -0.2) is 19.4 Å². The van der Waals surface area contributed by atoms with Crippen LogP contribution in [0.25, 0.3) is 5.69 Å². The lowest BCUT2D eigenvalue weighted by Crippen LogP contribution is -2.37. The fourth-order valence-electron chi connectivity index (χ4n) is 5.22. The molecular formula is C34H31N9O3. The van der Waals surface area contributed by atoms with Gasteiger partial charge in [0.25, 0.3) is 0 Å². The van der Waals surface area contributed by atoms with Gasteiger partial charge >= 0.3 is 6.03 Å². The van der Waals surface area contributed by atoms with Gasteiger partial charge in [0.2, 0.25) is 11.9 Å². The quantitative estimate of drug-likeness (QED) is 0.256. The molecule has 0 saturated carbocycles. The largest absolute Gasteiger partial charge is 0.378 e. The van der Waals surface area contributed by atoms with Gasteiger partial charge in [0.05, 0.1) is 37.1 Å². The van der Waals surface area contributed by atoms with E-state index in [4.69, 9.17) is 9.57 Å². The van der Waals surface area contributed by atoms with Crippen molar-refractivity contribution in [2.45, 2.75) is 12.5 Å². The molecule has 12 heteroatoms. The standard InChI is InChI=1S/C34H31N9O3/c44-34(43-31(15-18-46-43)27-6-2-1-3-7-27)39-29-8-4-5-25(21-29)9-10-26-22-35-32(36-23-26)38-28-11-13-30(14-12-28)42-24-37-33(40-42)41-16-19-45-20-17-41/h1-8,11-14,21-24,31H,15-20H2,(H,39,44)(H,35,36,38)/t31-/m0/s1. The Kier molecular flexibility index (Phi) is 8.49. The first-order valence-corrected chi connectivity index (χ1v) is 15.0. The molecule has 2 fully saturated rings. The Labute approximate surface area is 266 Å². The number of carbonyl (C=O) groups is 1. The average molecular weight is 614 g/mol. The highest BCUT2D eigenvalue weighted by molar-refractivity contribution is 5.89. The Morgan fingerprint density at radius 2 is 1.61 bits per heavy atom. The fourth-order valence-corrected chi connectivity index (χ4v) is 5.22. The summed E-state index contributed by atoms with van der Waals surface area (Å²) in [5.41, 5.74) is 4.80. The van der Waals surface area contributed by atoms with Gasteiger partial charge < -0.3 is 20.3 Å². The van der Waals surface area contributed by atoms with Gasteiger partial charge in [-0.2, -0.15) is 10.0 Å². The highest BCUT2D eigenvalue weighted by atomic mass is 16.7. The molecule has 12 nitrogen and oxygen atoms in total. The zero-order valence-electron chi connectivity index (χ0n) is 24.9. The second kappa shape index (κ2) is 13.5. The van der Waals surface area contributed by atoms with E-state index < -0.39 is 0 Å². The van der Waals surface area contributed by atoms with Crippen LogP contribution < -0.4 is 15.5 Å². The summed E-state index contributed by atoms with van der Waals surface area (Å²) in [5.74, 6) is 7.37. The molecule has 3 aromatic carbocycles. The number of anilines is 4. The number of benzene rings is 3. The number of nitrogens with one attached hydrogen (secondary N) is 2. The summed E-state index contributed by atoms with van der Waals surface area (Å²) in [6.45, 7) is 3.43. The monoisotopic (exact) mass is 613 g/mol. The topological polar surface area (TPSA) is 123 Å². The minimum Gasteiger partial charge on any atom is -0.378 e. The second-order valence-electron chi connectivity index (χ2n) is 10.7. The molecule has 2 aromatic heterocycles. The first kappa shape index (κ1) is 29.0. The lowest BCUT2D eigenvalue weighted by atomic mass is 10.1. The van der Waals surface area contributed by atoms with Crippen LogP contribution in [0, 0.1) is 11.8 Å². The highest BCUT2D eigenvalue weighted by Gasteiger charge is 2.31. The molecule has 46 heavy (non-hydrogen) atoms. The Morgan fingerprint density at radius 1 is 0.826 bits per heavy atom. The zero-order valence-corrected chi connectivity index (χ0v) is 24.9. The molecule has 2 aliphatic heterocycles. The van der Waals surface area contributed by atoms with Gasteiger partial charge in [-0.05, 0) is 48.0 Å². The van der Waals surface area contributed by atoms with Crippen molar-refractivity contribution < 1.29 is 14.4 Å². The van der Waals surface area contributed by atoms with E-state index in [2.05, 4.69) is 47.4 Å². The third-order valence-electron chi connectivity index (χ3n) is 7.57. The lowest BCUT2D eigenvalue weighted by Gasteiger charge is -2.25. The van der Waals surface area contributed by atoms with Crippen molar-refractivity contribution in [1.82, 2.24) is 29.8 Å². The molecule has 230 valence electrons. The van der Waals surface area contributed by atoms with Gasteiger partial charge in [0.15, 0.2) is 0 Å². The van der Waals surface area contributed by atoms with Crippen molar-refractivity contribution >= 4 is 29.3 Å². The van der Waals surface area contributed by atoms with E-state index >= 15 is 0 Å². The number of morpholine rings is 1. The van der Waals surface area contributed by atoms with Gasteiger partial charge in [0.1, 0.15) is 6.33 Å². The first-order chi connectivity index (χ1) is 22.7. The molecule has 5 aromatic rings. The summed E-state index contributed by atoms with van der Waals surface area (Å²) in [7, 11) is 0. The number of amides is 2. The van der Waals surface area contributed by atoms with E-state index in [1.165, 1.54) is 5.06 Å². The minimum atomic E-state index is -0.320. The molecule has 7 rings (SSSR count). The molecule has 2 amide bonds. The van der Waals surface area contributed by atoms with Gasteiger partial charge in [0, 0.05) is 48.8 Å². The third-order valence-corrected chi connectivity index (χ3v) is 7.57. The van der Waals surface area contributed by atoms with E-state index in [-0.39, 0.29) is 12.1 Å². The molecule has 0 radical (unpaired) electrons. The van der Waals surface area contributed by atoms with Crippen molar-refractivity contribution in [3.8, 4) is 17.5 Å². The second-order valence-corrected chi connectivity index (χ2v) is 10.7. The number of rotatable bonds is 6. The van der Waals surface area contributed by atoms with Gasteiger partial charge in [-0.1, -0.05) is 48.2 Å². The molecule has 2 saturated heterocycles. The van der Waals surface area contributed by atoms with E-state index in [1.54, 1.807) is 23.4 Å². The van der Waals surface area contributed by atoms with Crippen LogP contribution in [0.5, 0.6) is 0 Å². The number of nitrogens with zero attached hydrogens (tertiary/aromatic N) is 7. The van der Waals surface area contributed by atoms with Crippen LogP contribution in [-0.4, -0.2) is 68.7 Å². The normalized spacial score (nSPS) is 16.0. The zero-order chi connectivity index (χ0) is 31.1. The number of ether oxygens (including phenoxy) is 1. The number of urea groups is 1. The van der Waals surface area contributed by atoms with Crippen molar-refractivity contribution in [1.29, 1.82) is 0 Å². The molecule has 0 bridgehead atoms. The Balaban J connectivity index is 0.946. The van der Waals surface area contributed by atoms with E-state index in [0.29, 0.717) is 43.0 Å². The predicted molar refractivity (Wildman–Crippen MR) is 173 cm³/mol.